The smallest absolute Gasteiger partial charge is 0.00201 e. The van der Waals surface area contributed by atoms with Crippen molar-refractivity contribution < 1.29 is 0 Å². The predicted molar refractivity (Wildman–Crippen MR) is 73.3 cm³/mol. The van der Waals surface area contributed by atoms with E-state index < -0.39 is 0 Å². The van der Waals surface area contributed by atoms with Crippen LogP contribution in [0.1, 0.15) is 24.0 Å². The number of aryl methyl sites for hydroxylation is 1. The van der Waals surface area contributed by atoms with Crippen LogP contribution in [-0.2, 0) is 6.42 Å². The van der Waals surface area contributed by atoms with Gasteiger partial charge in [-0.15, -0.1) is 0 Å². The number of benzene rings is 1. The molecule has 2 heteroatoms. The van der Waals surface area contributed by atoms with Crippen molar-refractivity contribution in [3.63, 3.8) is 0 Å². The zero-order valence-electron chi connectivity index (χ0n) is 11.1. The van der Waals surface area contributed by atoms with Gasteiger partial charge in [0.2, 0.25) is 0 Å². The number of nitrogens with one attached hydrogen (secondary N) is 2. The molecule has 0 bridgehead atoms. The third kappa shape index (κ3) is 3.83. The van der Waals surface area contributed by atoms with Gasteiger partial charge in [0.1, 0.15) is 0 Å². The molecule has 0 aliphatic heterocycles. The zero-order chi connectivity index (χ0) is 12.1. The Morgan fingerprint density at radius 2 is 2.06 bits per heavy atom. The fourth-order valence-corrected chi connectivity index (χ4v) is 2.42. The quantitative estimate of drug-likeness (QED) is 0.704. The topological polar surface area (TPSA) is 24.1 Å². The first-order valence-electron chi connectivity index (χ1n) is 6.65. The minimum Gasteiger partial charge on any atom is -0.319 e. The second kappa shape index (κ2) is 5.65. The van der Waals surface area contributed by atoms with Crippen molar-refractivity contribution in [3.05, 3.63) is 35.4 Å². The van der Waals surface area contributed by atoms with Gasteiger partial charge in [0.25, 0.3) is 0 Å². The summed E-state index contributed by atoms with van der Waals surface area (Å²) in [4.78, 5) is 0. The summed E-state index contributed by atoms with van der Waals surface area (Å²) in [6, 6.07) is 8.80. The molecule has 1 saturated carbocycles. The van der Waals surface area contributed by atoms with Crippen molar-refractivity contribution in [2.24, 2.45) is 5.41 Å². The molecule has 0 atom stereocenters. The molecule has 0 amide bonds. The van der Waals surface area contributed by atoms with Crippen LogP contribution in [0.2, 0.25) is 0 Å². The summed E-state index contributed by atoms with van der Waals surface area (Å²) in [5.74, 6) is 0. The lowest BCUT2D eigenvalue weighted by Gasteiger charge is -2.15. The summed E-state index contributed by atoms with van der Waals surface area (Å²) < 4.78 is 0. The molecule has 1 aliphatic rings. The summed E-state index contributed by atoms with van der Waals surface area (Å²) in [7, 11) is 2.05. The van der Waals surface area contributed by atoms with Crippen molar-refractivity contribution in [3.8, 4) is 0 Å². The van der Waals surface area contributed by atoms with Crippen molar-refractivity contribution in [2.75, 3.05) is 26.7 Å². The minimum absolute atomic E-state index is 0.571. The van der Waals surface area contributed by atoms with Crippen LogP contribution in [0.3, 0.4) is 0 Å². The minimum atomic E-state index is 0.571. The summed E-state index contributed by atoms with van der Waals surface area (Å²) in [6.45, 7) is 5.57. The molecule has 0 radical (unpaired) electrons. The highest BCUT2D eigenvalue weighted by molar-refractivity contribution is 5.22. The van der Waals surface area contributed by atoms with Gasteiger partial charge in [0, 0.05) is 13.1 Å². The van der Waals surface area contributed by atoms with Gasteiger partial charge >= 0.3 is 0 Å². The van der Waals surface area contributed by atoms with Crippen molar-refractivity contribution in [1.82, 2.24) is 10.6 Å². The second-order valence-corrected chi connectivity index (χ2v) is 5.45. The van der Waals surface area contributed by atoms with Crippen LogP contribution in [0.4, 0.5) is 0 Å². The van der Waals surface area contributed by atoms with E-state index in [2.05, 4.69) is 41.8 Å². The van der Waals surface area contributed by atoms with E-state index in [-0.39, 0.29) is 0 Å². The van der Waals surface area contributed by atoms with Crippen LogP contribution < -0.4 is 10.6 Å². The summed E-state index contributed by atoms with van der Waals surface area (Å²) in [5, 5.41) is 6.90. The van der Waals surface area contributed by atoms with Crippen molar-refractivity contribution in [2.45, 2.75) is 26.2 Å². The van der Waals surface area contributed by atoms with E-state index in [1.807, 2.05) is 7.05 Å². The molecule has 0 unspecified atom stereocenters. The fraction of sp³-hybridized carbons (Fsp3) is 0.600. The molecule has 17 heavy (non-hydrogen) atoms. The molecule has 2 rings (SSSR count). The SMILES string of the molecule is CNCC1(CNCCc2cccc(C)c2)CC1. The highest BCUT2D eigenvalue weighted by Crippen LogP contribution is 2.44. The van der Waals surface area contributed by atoms with Gasteiger partial charge in [0.15, 0.2) is 0 Å². The van der Waals surface area contributed by atoms with Gasteiger partial charge in [-0.05, 0) is 50.8 Å². The zero-order valence-corrected chi connectivity index (χ0v) is 11.1. The molecule has 0 aromatic heterocycles. The summed E-state index contributed by atoms with van der Waals surface area (Å²) in [6.07, 6.45) is 3.90. The first kappa shape index (κ1) is 12.6. The highest BCUT2D eigenvalue weighted by Gasteiger charge is 2.41. The molecule has 1 fully saturated rings. The second-order valence-electron chi connectivity index (χ2n) is 5.45. The molecular weight excluding hydrogens is 208 g/mol. The third-order valence-corrected chi connectivity index (χ3v) is 3.68. The first-order valence-corrected chi connectivity index (χ1v) is 6.65. The molecular formula is C15H24N2. The van der Waals surface area contributed by atoms with Gasteiger partial charge in [-0.2, -0.15) is 0 Å². The predicted octanol–water partition coefficient (Wildman–Crippen LogP) is 2.13. The van der Waals surface area contributed by atoms with Gasteiger partial charge in [-0.1, -0.05) is 29.8 Å². The van der Waals surface area contributed by atoms with Crippen molar-refractivity contribution >= 4 is 0 Å². The Bertz CT molecular complexity index is 356. The van der Waals surface area contributed by atoms with Gasteiger partial charge in [0.05, 0.1) is 0 Å². The van der Waals surface area contributed by atoms with E-state index in [1.54, 1.807) is 0 Å². The van der Waals surface area contributed by atoms with Crippen molar-refractivity contribution in [1.29, 1.82) is 0 Å². The van der Waals surface area contributed by atoms with Gasteiger partial charge in [-0.25, -0.2) is 0 Å². The lowest BCUT2D eigenvalue weighted by molar-refractivity contribution is 0.441. The van der Waals surface area contributed by atoms with Crippen LogP contribution >= 0.6 is 0 Å². The normalized spacial score (nSPS) is 17.1. The first-order chi connectivity index (χ1) is 8.24. The van der Waals surface area contributed by atoms with Crippen LogP contribution in [-0.4, -0.2) is 26.7 Å². The average Bonchev–Trinajstić information content (AvgIpc) is 3.06. The lowest BCUT2D eigenvalue weighted by atomic mass is 10.1. The number of rotatable bonds is 7. The fourth-order valence-electron chi connectivity index (χ4n) is 2.42. The Kier molecular flexibility index (Phi) is 4.19. The molecule has 0 spiro atoms. The Balaban J connectivity index is 1.66. The molecule has 94 valence electrons. The van der Waals surface area contributed by atoms with Crippen LogP contribution in [0.15, 0.2) is 24.3 Å². The van der Waals surface area contributed by atoms with E-state index in [9.17, 15) is 0 Å². The lowest BCUT2D eigenvalue weighted by Crippen LogP contribution is -2.32. The van der Waals surface area contributed by atoms with Crippen LogP contribution in [0.5, 0.6) is 0 Å². The third-order valence-electron chi connectivity index (χ3n) is 3.68. The summed E-state index contributed by atoms with van der Waals surface area (Å²) >= 11 is 0. The van der Waals surface area contributed by atoms with E-state index in [0.29, 0.717) is 5.41 Å². The summed E-state index contributed by atoms with van der Waals surface area (Å²) in [5.41, 5.74) is 3.37. The van der Waals surface area contributed by atoms with E-state index >= 15 is 0 Å². The maximum Gasteiger partial charge on any atom is 0.00201 e. The van der Waals surface area contributed by atoms with Crippen LogP contribution in [0.25, 0.3) is 0 Å². The van der Waals surface area contributed by atoms with Gasteiger partial charge < -0.3 is 10.6 Å². The highest BCUT2D eigenvalue weighted by atomic mass is 14.9. The Labute approximate surface area is 105 Å². The maximum atomic E-state index is 3.60. The largest absolute Gasteiger partial charge is 0.319 e. The molecule has 1 aromatic carbocycles. The maximum absolute atomic E-state index is 3.60. The molecule has 0 heterocycles. The standard InChI is InChI=1S/C15H24N2/c1-13-4-3-5-14(10-13)6-9-17-12-15(7-8-15)11-16-2/h3-5,10,16-17H,6-9,11-12H2,1-2H3. The Hall–Kier alpha value is -0.860. The van der Waals surface area contributed by atoms with E-state index in [4.69, 9.17) is 0 Å². The Morgan fingerprint density at radius 3 is 2.71 bits per heavy atom. The molecule has 0 saturated heterocycles. The number of hydrogen-bond donors (Lipinski definition) is 2. The molecule has 1 aromatic rings. The van der Waals surface area contributed by atoms with E-state index in [1.165, 1.54) is 30.5 Å². The molecule has 2 nitrogen and oxygen atoms in total. The molecule has 2 N–H and O–H groups in total. The number of hydrogen-bond acceptors (Lipinski definition) is 2. The van der Waals surface area contributed by atoms with E-state index in [0.717, 1.165) is 19.5 Å². The Morgan fingerprint density at radius 1 is 1.24 bits per heavy atom. The molecule has 1 aliphatic carbocycles. The monoisotopic (exact) mass is 232 g/mol. The average molecular weight is 232 g/mol. The van der Waals surface area contributed by atoms with Crippen LogP contribution in [0, 0.1) is 12.3 Å². The van der Waals surface area contributed by atoms with Gasteiger partial charge in [-0.3, -0.25) is 0 Å².